The summed E-state index contributed by atoms with van der Waals surface area (Å²) in [5.41, 5.74) is 8.87. The molecule has 3 heterocycles. The molecular formula is C25H22N4O2. The summed E-state index contributed by atoms with van der Waals surface area (Å²) in [4.78, 5) is 23.5. The molecule has 0 saturated heterocycles. The number of imidazole rings is 1. The van der Waals surface area contributed by atoms with Crippen LogP contribution < -0.4 is 5.56 Å². The zero-order chi connectivity index (χ0) is 21.3. The smallest absolute Gasteiger partial charge is 0.248 e. The third kappa shape index (κ3) is 2.82. The first-order valence-corrected chi connectivity index (χ1v) is 10.6. The molecule has 0 spiro atoms. The molecule has 0 unspecified atom stereocenters. The van der Waals surface area contributed by atoms with Crippen molar-refractivity contribution in [1.82, 2.24) is 20.1 Å². The Kier molecular flexibility index (Phi) is 3.75. The van der Waals surface area contributed by atoms with E-state index in [9.17, 15) is 4.79 Å². The highest BCUT2D eigenvalue weighted by molar-refractivity contribution is 6.05. The van der Waals surface area contributed by atoms with Crippen molar-refractivity contribution >= 4 is 21.9 Å². The van der Waals surface area contributed by atoms with Crippen molar-refractivity contribution in [3.05, 3.63) is 69.6 Å². The number of fused-ring (bicyclic) bond motifs is 2. The lowest BCUT2D eigenvalue weighted by molar-refractivity contribution is 0.393. The van der Waals surface area contributed by atoms with Gasteiger partial charge in [-0.15, -0.1) is 0 Å². The first-order chi connectivity index (χ1) is 15.0. The van der Waals surface area contributed by atoms with E-state index in [4.69, 9.17) is 9.51 Å². The van der Waals surface area contributed by atoms with Crippen LogP contribution in [0.5, 0.6) is 0 Å². The molecule has 0 amide bonds. The van der Waals surface area contributed by atoms with Crippen LogP contribution in [0.2, 0.25) is 0 Å². The van der Waals surface area contributed by atoms with Gasteiger partial charge in [-0.05, 0) is 74.6 Å². The first kappa shape index (κ1) is 18.1. The van der Waals surface area contributed by atoms with Crippen LogP contribution in [0, 0.1) is 20.8 Å². The van der Waals surface area contributed by atoms with Gasteiger partial charge in [0, 0.05) is 34.0 Å². The van der Waals surface area contributed by atoms with Gasteiger partial charge < -0.3 is 14.5 Å². The van der Waals surface area contributed by atoms with E-state index >= 15 is 0 Å². The van der Waals surface area contributed by atoms with Gasteiger partial charge in [-0.1, -0.05) is 11.2 Å². The highest BCUT2D eigenvalue weighted by Crippen LogP contribution is 2.43. The fraction of sp³-hybridized carbons (Fsp3) is 0.240. The molecule has 1 saturated carbocycles. The summed E-state index contributed by atoms with van der Waals surface area (Å²) >= 11 is 0. The summed E-state index contributed by atoms with van der Waals surface area (Å²) in [5, 5.41) is 5.16. The van der Waals surface area contributed by atoms with E-state index in [1.54, 1.807) is 6.07 Å². The molecule has 3 aromatic heterocycles. The highest BCUT2D eigenvalue weighted by atomic mass is 16.5. The van der Waals surface area contributed by atoms with Gasteiger partial charge in [0.1, 0.15) is 11.6 Å². The summed E-state index contributed by atoms with van der Waals surface area (Å²) in [6.07, 6.45) is 2.36. The maximum Gasteiger partial charge on any atom is 0.248 e. The van der Waals surface area contributed by atoms with Gasteiger partial charge in [0.2, 0.25) is 5.56 Å². The van der Waals surface area contributed by atoms with Gasteiger partial charge in [0.05, 0.1) is 16.7 Å². The van der Waals surface area contributed by atoms with Crippen LogP contribution in [0.15, 0.2) is 45.7 Å². The number of aryl methyl sites for hydroxylation is 3. The summed E-state index contributed by atoms with van der Waals surface area (Å²) < 4.78 is 5.45. The van der Waals surface area contributed by atoms with Gasteiger partial charge in [0.15, 0.2) is 0 Å². The molecule has 2 N–H and O–H groups in total. The first-order valence-electron chi connectivity index (χ1n) is 10.6. The van der Waals surface area contributed by atoms with Crippen LogP contribution in [-0.2, 0) is 0 Å². The summed E-state index contributed by atoms with van der Waals surface area (Å²) in [7, 11) is 0. The molecule has 154 valence electrons. The third-order valence-corrected chi connectivity index (χ3v) is 6.27. The van der Waals surface area contributed by atoms with Crippen LogP contribution in [0.3, 0.4) is 0 Å². The minimum Gasteiger partial charge on any atom is -0.361 e. The second kappa shape index (κ2) is 6.41. The molecular weight excluding hydrogens is 388 g/mol. The lowest BCUT2D eigenvalue weighted by Crippen LogP contribution is -2.03. The van der Waals surface area contributed by atoms with E-state index < -0.39 is 0 Å². The highest BCUT2D eigenvalue weighted by Gasteiger charge is 2.28. The fourth-order valence-electron chi connectivity index (χ4n) is 4.62. The van der Waals surface area contributed by atoms with Gasteiger partial charge in [-0.3, -0.25) is 4.79 Å². The quantitative estimate of drug-likeness (QED) is 0.409. The SMILES string of the molecule is Cc1ccc2[nH]c(=O)ccc2c1-c1cc(-c2c(C)noc2C)cc2[nH]c(C3CC3)nc12. The molecule has 6 rings (SSSR count). The standard InChI is InChI=1S/C25H22N4O2/c1-12-4-8-19-17(7-9-21(30)26-19)22(12)18-10-16(23-13(2)29-31-14(23)3)11-20-24(18)28-25(27-20)15-5-6-15/h4,7-11,15H,5-6H2,1-3H3,(H,26,30)(H,27,28). The number of nitrogens with one attached hydrogen (secondary N) is 2. The van der Waals surface area contributed by atoms with Crippen LogP contribution in [0.1, 0.15) is 41.6 Å². The van der Waals surface area contributed by atoms with Crippen molar-refractivity contribution in [2.75, 3.05) is 0 Å². The van der Waals surface area contributed by atoms with Crippen molar-refractivity contribution in [2.24, 2.45) is 0 Å². The van der Waals surface area contributed by atoms with Gasteiger partial charge in [-0.2, -0.15) is 0 Å². The maximum atomic E-state index is 11.9. The lowest BCUT2D eigenvalue weighted by atomic mass is 9.92. The van der Waals surface area contributed by atoms with Crippen LogP contribution in [0.4, 0.5) is 0 Å². The minimum atomic E-state index is -0.104. The van der Waals surface area contributed by atoms with E-state index in [2.05, 4.69) is 40.2 Å². The van der Waals surface area contributed by atoms with E-state index in [0.717, 1.165) is 67.0 Å². The number of aromatic amines is 2. The van der Waals surface area contributed by atoms with Crippen LogP contribution in [-0.4, -0.2) is 20.1 Å². The number of rotatable bonds is 3. The molecule has 0 radical (unpaired) electrons. The second-order valence-electron chi connectivity index (χ2n) is 8.56. The molecule has 6 heteroatoms. The maximum absolute atomic E-state index is 11.9. The summed E-state index contributed by atoms with van der Waals surface area (Å²) in [6.45, 7) is 6.00. The average molecular weight is 410 g/mol. The Hall–Kier alpha value is -3.67. The normalized spacial score (nSPS) is 14.0. The van der Waals surface area contributed by atoms with Crippen molar-refractivity contribution in [3.8, 4) is 22.3 Å². The average Bonchev–Trinajstić information content (AvgIpc) is 3.42. The molecule has 2 aromatic carbocycles. The largest absolute Gasteiger partial charge is 0.361 e. The number of pyridine rings is 1. The number of hydrogen-bond donors (Lipinski definition) is 2. The van der Waals surface area contributed by atoms with Crippen molar-refractivity contribution < 1.29 is 4.52 Å². The number of H-pyrrole nitrogens is 2. The van der Waals surface area contributed by atoms with E-state index in [-0.39, 0.29) is 5.56 Å². The molecule has 1 fully saturated rings. The zero-order valence-electron chi connectivity index (χ0n) is 17.7. The lowest BCUT2D eigenvalue weighted by Gasteiger charge is -2.13. The Morgan fingerprint density at radius 1 is 0.968 bits per heavy atom. The Bertz CT molecular complexity index is 1530. The second-order valence-corrected chi connectivity index (χ2v) is 8.56. The molecule has 1 aliphatic carbocycles. The Morgan fingerprint density at radius 2 is 1.81 bits per heavy atom. The van der Waals surface area contributed by atoms with Crippen molar-refractivity contribution in [3.63, 3.8) is 0 Å². The number of hydrogen-bond acceptors (Lipinski definition) is 4. The van der Waals surface area contributed by atoms with Crippen molar-refractivity contribution in [1.29, 1.82) is 0 Å². The Balaban J connectivity index is 1.72. The monoisotopic (exact) mass is 410 g/mol. The Morgan fingerprint density at radius 3 is 2.55 bits per heavy atom. The molecule has 0 atom stereocenters. The predicted molar refractivity (Wildman–Crippen MR) is 121 cm³/mol. The van der Waals surface area contributed by atoms with Gasteiger partial charge >= 0.3 is 0 Å². The number of benzene rings is 2. The van der Waals surface area contributed by atoms with E-state index in [1.807, 2.05) is 26.0 Å². The molecule has 5 aromatic rings. The van der Waals surface area contributed by atoms with Crippen LogP contribution >= 0.6 is 0 Å². The van der Waals surface area contributed by atoms with Crippen molar-refractivity contribution in [2.45, 2.75) is 39.5 Å². The number of nitrogens with zero attached hydrogens (tertiary/aromatic N) is 2. The molecule has 31 heavy (non-hydrogen) atoms. The van der Waals surface area contributed by atoms with E-state index in [0.29, 0.717) is 5.92 Å². The molecule has 1 aliphatic rings. The van der Waals surface area contributed by atoms with Gasteiger partial charge in [-0.25, -0.2) is 4.98 Å². The molecule has 0 aliphatic heterocycles. The summed E-state index contributed by atoms with van der Waals surface area (Å²) in [5.74, 6) is 2.37. The summed E-state index contributed by atoms with van der Waals surface area (Å²) in [6, 6.07) is 11.8. The fourth-order valence-corrected chi connectivity index (χ4v) is 4.62. The van der Waals surface area contributed by atoms with Crippen LogP contribution in [0.25, 0.3) is 44.2 Å². The van der Waals surface area contributed by atoms with E-state index in [1.165, 1.54) is 12.8 Å². The molecule has 6 nitrogen and oxygen atoms in total. The van der Waals surface area contributed by atoms with Gasteiger partial charge in [0.25, 0.3) is 0 Å². The number of aromatic nitrogens is 4. The minimum absolute atomic E-state index is 0.104. The topological polar surface area (TPSA) is 87.6 Å². The third-order valence-electron chi connectivity index (χ3n) is 6.27. The Labute approximate surface area is 178 Å². The zero-order valence-corrected chi connectivity index (χ0v) is 17.7. The predicted octanol–water partition coefficient (Wildman–Crippen LogP) is 5.53. The molecule has 0 bridgehead atoms.